The SMILES string of the molecule is NS(=O)(=O)c1nnc(-c2cc(Br)ccc2Br)n1C1CC1. The van der Waals surface area contributed by atoms with Crippen LogP contribution in [0.25, 0.3) is 11.4 Å². The van der Waals surface area contributed by atoms with E-state index in [1.807, 2.05) is 18.2 Å². The van der Waals surface area contributed by atoms with Crippen LogP contribution in [0.3, 0.4) is 0 Å². The standard InChI is InChI=1S/C11H10Br2N4O2S/c12-6-1-4-9(13)8(5-6)10-15-16-11(20(14,18)19)17(10)7-2-3-7/h1,4-5,7H,2-3H2,(H2,14,18,19). The summed E-state index contributed by atoms with van der Waals surface area (Å²) >= 11 is 6.84. The van der Waals surface area contributed by atoms with E-state index in [0.29, 0.717) is 5.82 Å². The number of hydrogen-bond acceptors (Lipinski definition) is 4. The first-order valence-corrected chi connectivity index (χ1v) is 8.94. The van der Waals surface area contributed by atoms with Crippen LogP contribution in [0.1, 0.15) is 18.9 Å². The third kappa shape index (κ3) is 2.54. The van der Waals surface area contributed by atoms with Crippen molar-refractivity contribution < 1.29 is 8.42 Å². The molecule has 0 bridgehead atoms. The van der Waals surface area contributed by atoms with Gasteiger partial charge in [-0.05, 0) is 31.0 Å². The lowest BCUT2D eigenvalue weighted by atomic mass is 10.2. The van der Waals surface area contributed by atoms with Gasteiger partial charge in [0.2, 0.25) is 0 Å². The average Bonchev–Trinajstić information content (AvgIpc) is 3.09. The van der Waals surface area contributed by atoms with Gasteiger partial charge in [-0.3, -0.25) is 4.57 Å². The van der Waals surface area contributed by atoms with Crippen molar-refractivity contribution >= 4 is 41.9 Å². The van der Waals surface area contributed by atoms with Crippen molar-refractivity contribution in [2.75, 3.05) is 0 Å². The topological polar surface area (TPSA) is 90.9 Å². The van der Waals surface area contributed by atoms with Crippen molar-refractivity contribution in [2.24, 2.45) is 5.14 Å². The van der Waals surface area contributed by atoms with Gasteiger partial charge >= 0.3 is 0 Å². The summed E-state index contributed by atoms with van der Waals surface area (Å²) in [6.45, 7) is 0. The van der Waals surface area contributed by atoms with Gasteiger partial charge in [-0.15, -0.1) is 10.2 Å². The van der Waals surface area contributed by atoms with Crippen LogP contribution in [-0.2, 0) is 10.0 Å². The minimum atomic E-state index is -3.89. The van der Waals surface area contributed by atoms with E-state index in [1.165, 1.54) is 0 Å². The summed E-state index contributed by atoms with van der Waals surface area (Å²) in [5.41, 5.74) is 0.772. The van der Waals surface area contributed by atoms with Crippen molar-refractivity contribution in [3.8, 4) is 11.4 Å². The van der Waals surface area contributed by atoms with Crippen LogP contribution in [-0.4, -0.2) is 23.2 Å². The molecule has 0 saturated heterocycles. The Morgan fingerprint density at radius 3 is 2.55 bits per heavy atom. The van der Waals surface area contributed by atoms with E-state index >= 15 is 0 Å². The largest absolute Gasteiger partial charge is 0.294 e. The first-order valence-electron chi connectivity index (χ1n) is 5.81. The molecule has 0 aliphatic heterocycles. The highest BCUT2D eigenvalue weighted by molar-refractivity contribution is 9.11. The number of benzene rings is 1. The van der Waals surface area contributed by atoms with E-state index in [4.69, 9.17) is 5.14 Å². The number of primary sulfonamides is 1. The Bertz CT molecular complexity index is 784. The van der Waals surface area contributed by atoms with Gasteiger partial charge in [0.15, 0.2) is 5.82 Å². The molecule has 0 amide bonds. The molecule has 2 N–H and O–H groups in total. The predicted octanol–water partition coefficient (Wildman–Crippen LogP) is 2.45. The molecule has 3 rings (SSSR count). The van der Waals surface area contributed by atoms with Gasteiger partial charge in [0, 0.05) is 20.6 Å². The average molecular weight is 422 g/mol. The molecule has 1 heterocycles. The predicted molar refractivity (Wildman–Crippen MR) is 80.5 cm³/mol. The molecule has 1 fully saturated rings. The van der Waals surface area contributed by atoms with Crippen LogP contribution < -0.4 is 5.14 Å². The molecule has 1 aliphatic rings. The molecular formula is C11H10Br2N4O2S. The van der Waals surface area contributed by atoms with Crippen molar-refractivity contribution in [1.29, 1.82) is 0 Å². The maximum atomic E-state index is 11.6. The highest BCUT2D eigenvalue weighted by Crippen LogP contribution is 2.41. The minimum absolute atomic E-state index is 0.0965. The smallest absolute Gasteiger partial charge is 0.273 e. The van der Waals surface area contributed by atoms with E-state index in [1.54, 1.807) is 4.57 Å². The van der Waals surface area contributed by atoms with E-state index < -0.39 is 10.0 Å². The van der Waals surface area contributed by atoms with Gasteiger partial charge in [0.25, 0.3) is 15.2 Å². The molecule has 0 radical (unpaired) electrons. The molecule has 1 aromatic heterocycles. The molecule has 0 atom stereocenters. The third-order valence-electron chi connectivity index (χ3n) is 3.00. The summed E-state index contributed by atoms with van der Waals surface area (Å²) in [4.78, 5) is 0. The monoisotopic (exact) mass is 420 g/mol. The summed E-state index contributed by atoms with van der Waals surface area (Å²) in [6, 6.07) is 5.70. The van der Waals surface area contributed by atoms with Crippen molar-refractivity contribution in [2.45, 2.75) is 24.0 Å². The molecule has 9 heteroatoms. The molecular weight excluding hydrogens is 412 g/mol. The zero-order chi connectivity index (χ0) is 14.5. The lowest BCUT2D eigenvalue weighted by molar-refractivity contribution is 0.567. The summed E-state index contributed by atoms with van der Waals surface area (Å²) < 4.78 is 26.5. The molecule has 6 nitrogen and oxygen atoms in total. The lowest BCUT2D eigenvalue weighted by Crippen LogP contribution is -2.18. The first-order chi connectivity index (χ1) is 9.38. The molecule has 20 heavy (non-hydrogen) atoms. The fraction of sp³-hybridized carbons (Fsp3) is 0.273. The van der Waals surface area contributed by atoms with Crippen molar-refractivity contribution in [3.05, 3.63) is 27.1 Å². The van der Waals surface area contributed by atoms with E-state index in [-0.39, 0.29) is 11.2 Å². The van der Waals surface area contributed by atoms with Gasteiger partial charge in [-0.25, -0.2) is 13.6 Å². The van der Waals surface area contributed by atoms with Gasteiger partial charge in [-0.1, -0.05) is 31.9 Å². The zero-order valence-corrected chi connectivity index (χ0v) is 14.1. The molecule has 1 aromatic carbocycles. The highest BCUT2D eigenvalue weighted by Gasteiger charge is 2.34. The second-order valence-corrected chi connectivity index (χ2v) is 7.80. The molecule has 0 spiro atoms. The zero-order valence-electron chi connectivity index (χ0n) is 10.1. The van der Waals surface area contributed by atoms with Crippen LogP contribution >= 0.6 is 31.9 Å². The van der Waals surface area contributed by atoms with Crippen LogP contribution in [0.2, 0.25) is 0 Å². The quantitative estimate of drug-likeness (QED) is 0.823. The fourth-order valence-electron chi connectivity index (χ4n) is 1.99. The third-order valence-corrected chi connectivity index (χ3v) is 4.97. The number of nitrogens with zero attached hydrogens (tertiary/aromatic N) is 3. The Kier molecular flexibility index (Phi) is 3.47. The normalized spacial score (nSPS) is 15.6. The number of aromatic nitrogens is 3. The summed E-state index contributed by atoms with van der Waals surface area (Å²) in [5.74, 6) is 0.504. The van der Waals surface area contributed by atoms with Crippen LogP contribution in [0, 0.1) is 0 Å². The van der Waals surface area contributed by atoms with Gasteiger partial charge < -0.3 is 0 Å². The molecule has 0 unspecified atom stereocenters. The van der Waals surface area contributed by atoms with Gasteiger partial charge in [-0.2, -0.15) is 0 Å². The maximum absolute atomic E-state index is 11.6. The second-order valence-electron chi connectivity index (χ2n) is 4.58. The highest BCUT2D eigenvalue weighted by atomic mass is 79.9. The number of hydrogen-bond donors (Lipinski definition) is 1. The maximum Gasteiger partial charge on any atom is 0.273 e. The first kappa shape index (κ1) is 14.2. The number of sulfonamides is 1. The molecule has 106 valence electrons. The number of nitrogens with two attached hydrogens (primary N) is 1. The Labute approximate surface area is 132 Å². The summed E-state index contributed by atoms with van der Waals surface area (Å²) in [5, 5.41) is 12.8. The summed E-state index contributed by atoms with van der Waals surface area (Å²) in [7, 11) is -3.89. The Hall–Kier alpha value is -0.770. The Morgan fingerprint density at radius 2 is 1.95 bits per heavy atom. The Morgan fingerprint density at radius 1 is 1.25 bits per heavy atom. The van der Waals surface area contributed by atoms with Crippen LogP contribution in [0.15, 0.2) is 32.3 Å². The summed E-state index contributed by atoms with van der Waals surface area (Å²) in [6.07, 6.45) is 1.80. The number of halogens is 2. The fourth-order valence-corrected chi connectivity index (χ4v) is 3.43. The Balaban J connectivity index is 2.25. The van der Waals surface area contributed by atoms with Gasteiger partial charge in [0.1, 0.15) is 0 Å². The number of rotatable bonds is 3. The van der Waals surface area contributed by atoms with E-state index in [2.05, 4.69) is 42.1 Å². The lowest BCUT2D eigenvalue weighted by Gasteiger charge is -2.09. The van der Waals surface area contributed by atoms with Crippen molar-refractivity contribution in [1.82, 2.24) is 14.8 Å². The second kappa shape index (κ2) is 4.90. The van der Waals surface area contributed by atoms with Crippen molar-refractivity contribution in [3.63, 3.8) is 0 Å². The van der Waals surface area contributed by atoms with Gasteiger partial charge in [0.05, 0.1) is 0 Å². The van der Waals surface area contributed by atoms with E-state index in [0.717, 1.165) is 27.4 Å². The van der Waals surface area contributed by atoms with Crippen LogP contribution in [0.4, 0.5) is 0 Å². The van der Waals surface area contributed by atoms with E-state index in [9.17, 15) is 8.42 Å². The minimum Gasteiger partial charge on any atom is -0.294 e. The molecule has 2 aromatic rings. The molecule has 1 saturated carbocycles. The molecule has 1 aliphatic carbocycles. The van der Waals surface area contributed by atoms with Crippen LogP contribution in [0.5, 0.6) is 0 Å².